The molecule has 2 N–H and O–H groups in total. The first-order valence-corrected chi connectivity index (χ1v) is 11.6. The molecule has 2 aliphatic heterocycles. The van der Waals surface area contributed by atoms with E-state index < -0.39 is 5.91 Å². The van der Waals surface area contributed by atoms with Crippen LogP contribution in [-0.2, 0) is 17.6 Å². The van der Waals surface area contributed by atoms with Gasteiger partial charge in [0, 0.05) is 36.4 Å². The summed E-state index contributed by atoms with van der Waals surface area (Å²) in [7, 11) is 0. The van der Waals surface area contributed by atoms with E-state index >= 15 is 0 Å². The number of hydrogen-bond acceptors (Lipinski definition) is 4. The van der Waals surface area contributed by atoms with Gasteiger partial charge >= 0.3 is 0 Å². The monoisotopic (exact) mass is 457 g/mol. The molecule has 0 unspecified atom stereocenters. The largest absolute Gasteiger partial charge is 0.364 e. The van der Waals surface area contributed by atoms with Crippen LogP contribution in [0.3, 0.4) is 0 Å². The minimum atomic E-state index is -0.639. The van der Waals surface area contributed by atoms with E-state index in [0.29, 0.717) is 30.6 Å². The lowest BCUT2D eigenvalue weighted by molar-refractivity contribution is -0.117. The predicted molar refractivity (Wildman–Crippen MR) is 130 cm³/mol. The minimum absolute atomic E-state index is 0.124. The molecule has 174 valence electrons. The molecule has 3 heterocycles. The number of rotatable bonds is 5. The summed E-state index contributed by atoms with van der Waals surface area (Å²) in [5.41, 5.74) is 11.1. The van der Waals surface area contributed by atoms with Crippen molar-refractivity contribution >= 4 is 29.1 Å². The predicted octanol–water partition coefficient (Wildman–Crippen LogP) is 3.17. The third-order valence-electron chi connectivity index (χ3n) is 6.71. The number of aromatic nitrogens is 2. The Balaban J connectivity index is 1.55. The summed E-state index contributed by atoms with van der Waals surface area (Å²) in [4.78, 5) is 41.5. The molecule has 0 aliphatic carbocycles. The van der Waals surface area contributed by atoms with Gasteiger partial charge in [-0.05, 0) is 67.6 Å². The molecular weight excluding hydrogens is 430 g/mol. The summed E-state index contributed by atoms with van der Waals surface area (Å²) >= 11 is 0. The molecule has 3 amide bonds. The fraction of sp³-hybridized carbons (Fsp3) is 0.308. The molecule has 0 radical (unpaired) electrons. The Morgan fingerprint density at radius 1 is 1.00 bits per heavy atom. The van der Waals surface area contributed by atoms with Gasteiger partial charge in [0.1, 0.15) is 5.69 Å². The second-order valence-corrected chi connectivity index (χ2v) is 8.80. The van der Waals surface area contributed by atoms with Crippen LogP contribution in [0.4, 0.5) is 11.4 Å². The molecule has 0 spiro atoms. The molecule has 0 atom stereocenters. The van der Waals surface area contributed by atoms with E-state index in [0.717, 1.165) is 47.6 Å². The third-order valence-corrected chi connectivity index (χ3v) is 6.71. The molecule has 34 heavy (non-hydrogen) atoms. The number of amides is 3. The summed E-state index contributed by atoms with van der Waals surface area (Å²) in [5, 5.41) is 4.50. The molecule has 8 nitrogen and oxygen atoms in total. The molecule has 2 aliphatic rings. The lowest BCUT2D eigenvalue weighted by Crippen LogP contribution is -2.39. The van der Waals surface area contributed by atoms with Crippen molar-refractivity contribution in [3.8, 4) is 5.69 Å². The highest BCUT2D eigenvalue weighted by Gasteiger charge is 2.35. The SMILES string of the molecule is CCc1ccc(C)c(-n2nc(C(N)=O)c3c2C(=O)N(c2ccc(N4CCCC4=O)cc2)CC3)c1. The van der Waals surface area contributed by atoms with Gasteiger partial charge in [-0.1, -0.05) is 19.1 Å². The van der Waals surface area contributed by atoms with Crippen LogP contribution in [0.2, 0.25) is 0 Å². The van der Waals surface area contributed by atoms with Crippen LogP contribution in [0.5, 0.6) is 0 Å². The fourth-order valence-electron chi connectivity index (χ4n) is 4.82. The Kier molecular flexibility index (Phi) is 5.43. The smallest absolute Gasteiger partial charge is 0.277 e. The van der Waals surface area contributed by atoms with Crippen molar-refractivity contribution in [2.75, 3.05) is 22.9 Å². The molecule has 2 aromatic carbocycles. The Bertz CT molecular complexity index is 1310. The van der Waals surface area contributed by atoms with Gasteiger partial charge < -0.3 is 15.5 Å². The molecular formula is C26H27N5O3. The number of hydrogen-bond donors (Lipinski definition) is 1. The van der Waals surface area contributed by atoms with Gasteiger partial charge in [-0.15, -0.1) is 0 Å². The minimum Gasteiger partial charge on any atom is -0.364 e. The number of nitrogens with two attached hydrogens (primary N) is 1. The van der Waals surface area contributed by atoms with Gasteiger partial charge in [0.05, 0.1) is 5.69 Å². The number of nitrogens with zero attached hydrogens (tertiary/aromatic N) is 4. The van der Waals surface area contributed by atoms with E-state index in [1.165, 1.54) is 0 Å². The first-order valence-electron chi connectivity index (χ1n) is 11.6. The highest BCUT2D eigenvalue weighted by Crippen LogP contribution is 2.31. The molecule has 1 fully saturated rings. The zero-order valence-electron chi connectivity index (χ0n) is 19.4. The summed E-state index contributed by atoms with van der Waals surface area (Å²) < 4.78 is 1.58. The second-order valence-electron chi connectivity index (χ2n) is 8.80. The number of aryl methyl sites for hydroxylation is 2. The molecule has 8 heteroatoms. The Morgan fingerprint density at radius 2 is 1.71 bits per heavy atom. The van der Waals surface area contributed by atoms with Crippen molar-refractivity contribution in [3.05, 3.63) is 70.5 Å². The van der Waals surface area contributed by atoms with E-state index in [1.54, 1.807) is 14.5 Å². The van der Waals surface area contributed by atoms with Gasteiger partial charge in [0.25, 0.3) is 11.8 Å². The van der Waals surface area contributed by atoms with Crippen LogP contribution in [-0.4, -0.2) is 40.6 Å². The number of fused-ring (bicyclic) bond motifs is 1. The van der Waals surface area contributed by atoms with Gasteiger partial charge in [-0.25, -0.2) is 4.68 Å². The van der Waals surface area contributed by atoms with E-state index in [4.69, 9.17) is 5.73 Å². The third kappa shape index (κ3) is 3.55. The zero-order valence-corrected chi connectivity index (χ0v) is 19.4. The van der Waals surface area contributed by atoms with Crippen molar-refractivity contribution in [2.24, 2.45) is 5.73 Å². The first kappa shape index (κ1) is 21.9. The van der Waals surface area contributed by atoms with Gasteiger partial charge in [0.15, 0.2) is 5.69 Å². The van der Waals surface area contributed by atoms with E-state index in [2.05, 4.69) is 12.0 Å². The van der Waals surface area contributed by atoms with Gasteiger partial charge in [0.2, 0.25) is 5.91 Å². The van der Waals surface area contributed by atoms with Crippen LogP contribution in [0.15, 0.2) is 42.5 Å². The van der Waals surface area contributed by atoms with Crippen LogP contribution >= 0.6 is 0 Å². The maximum atomic E-state index is 13.8. The average Bonchev–Trinajstić information content (AvgIpc) is 3.44. The Morgan fingerprint density at radius 3 is 2.32 bits per heavy atom. The molecule has 0 saturated carbocycles. The molecule has 1 saturated heterocycles. The van der Waals surface area contributed by atoms with Crippen molar-refractivity contribution < 1.29 is 14.4 Å². The standard InChI is InChI=1S/C26H27N5O3/c1-3-17-7-6-16(2)21(15-17)31-24-20(23(28-31)25(27)33)12-14-30(26(24)34)19-10-8-18(9-11-19)29-13-4-5-22(29)32/h6-11,15H,3-5,12-14H2,1-2H3,(H2,27,33). The zero-order chi connectivity index (χ0) is 24.0. The topological polar surface area (TPSA) is 102 Å². The lowest BCUT2D eigenvalue weighted by atomic mass is 10.0. The normalized spacial score (nSPS) is 15.7. The van der Waals surface area contributed by atoms with E-state index in [1.807, 2.05) is 49.4 Å². The number of benzene rings is 2. The highest BCUT2D eigenvalue weighted by molar-refractivity contribution is 6.09. The Hall–Kier alpha value is -3.94. The fourth-order valence-corrected chi connectivity index (χ4v) is 4.82. The second kappa shape index (κ2) is 8.44. The van der Waals surface area contributed by atoms with Crippen LogP contribution in [0, 0.1) is 6.92 Å². The quantitative estimate of drug-likeness (QED) is 0.636. The highest BCUT2D eigenvalue weighted by atomic mass is 16.2. The van der Waals surface area contributed by atoms with Gasteiger partial charge in [-0.3, -0.25) is 14.4 Å². The molecule has 0 bridgehead atoms. The first-order chi connectivity index (χ1) is 16.4. The number of carbonyl (C=O) groups excluding carboxylic acids is 3. The van der Waals surface area contributed by atoms with Crippen LogP contribution in [0.25, 0.3) is 5.69 Å². The Labute approximate surface area is 197 Å². The van der Waals surface area contributed by atoms with Crippen LogP contribution < -0.4 is 15.5 Å². The van der Waals surface area contributed by atoms with Crippen molar-refractivity contribution in [1.82, 2.24) is 9.78 Å². The van der Waals surface area contributed by atoms with Crippen molar-refractivity contribution in [2.45, 2.75) is 39.5 Å². The summed E-state index contributed by atoms with van der Waals surface area (Å²) in [6.45, 7) is 5.15. The molecule has 1 aromatic heterocycles. The number of carbonyl (C=O) groups is 3. The summed E-state index contributed by atoms with van der Waals surface area (Å²) in [6.07, 6.45) is 2.74. The van der Waals surface area contributed by atoms with E-state index in [9.17, 15) is 14.4 Å². The summed E-state index contributed by atoms with van der Waals surface area (Å²) in [6, 6.07) is 13.5. The molecule has 5 rings (SSSR count). The van der Waals surface area contributed by atoms with Gasteiger partial charge in [-0.2, -0.15) is 5.10 Å². The maximum Gasteiger partial charge on any atom is 0.277 e. The van der Waals surface area contributed by atoms with Crippen LogP contribution in [0.1, 0.15) is 57.4 Å². The van der Waals surface area contributed by atoms with Crippen molar-refractivity contribution in [3.63, 3.8) is 0 Å². The molecule has 3 aromatic rings. The lowest BCUT2D eigenvalue weighted by Gasteiger charge is -2.28. The average molecular weight is 458 g/mol. The number of anilines is 2. The van der Waals surface area contributed by atoms with Crippen molar-refractivity contribution in [1.29, 1.82) is 0 Å². The van der Waals surface area contributed by atoms with E-state index in [-0.39, 0.29) is 17.5 Å². The number of primary amides is 1. The summed E-state index contributed by atoms with van der Waals surface area (Å²) in [5.74, 6) is -0.744. The maximum absolute atomic E-state index is 13.8.